The summed E-state index contributed by atoms with van der Waals surface area (Å²) in [5, 5.41) is 10.4. The lowest BCUT2D eigenvalue weighted by molar-refractivity contribution is -0.119. The molecule has 5 nitrogen and oxygen atoms in total. The summed E-state index contributed by atoms with van der Waals surface area (Å²) in [6, 6.07) is 7.66. The van der Waals surface area contributed by atoms with Gasteiger partial charge in [-0.25, -0.2) is 4.68 Å². The van der Waals surface area contributed by atoms with Gasteiger partial charge >= 0.3 is 0 Å². The Balaban J connectivity index is 2.10. The van der Waals surface area contributed by atoms with E-state index >= 15 is 0 Å². The Morgan fingerprint density at radius 1 is 1.44 bits per heavy atom. The molecular formula is C12H13ClN4O. The third-order valence-corrected chi connectivity index (χ3v) is 2.82. The highest BCUT2D eigenvalue weighted by Crippen LogP contribution is 2.15. The van der Waals surface area contributed by atoms with Crippen molar-refractivity contribution < 1.29 is 4.79 Å². The van der Waals surface area contributed by atoms with Gasteiger partial charge in [-0.05, 0) is 24.6 Å². The van der Waals surface area contributed by atoms with Gasteiger partial charge in [0.15, 0.2) is 0 Å². The molecule has 1 unspecified atom stereocenters. The van der Waals surface area contributed by atoms with Crippen molar-refractivity contribution in [3.63, 3.8) is 0 Å². The number of hydrogen-bond donors (Lipinski definition) is 1. The second kappa shape index (κ2) is 5.64. The second-order valence-corrected chi connectivity index (χ2v) is 4.13. The predicted octanol–water partition coefficient (Wildman–Crippen LogP) is 1.68. The Labute approximate surface area is 110 Å². The zero-order valence-corrected chi connectivity index (χ0v) is 10.6. The number of nitrogens with one attached hydrogen (secondary N) is 1. The third-order valence-electron chi connectivity index (χ3n) is 2.58. The number of hydrogen-bond acceptors (Lipinski definition) is 3. The van der Waals surface area contributed by atoms with Gasteiger partial charge in [0.25, 0.3) is 0 Å². The highest BCUT2D eigenvalue weighted by Gasteiger charge is 2.08. The predicted molar refractivity (Wildman–Crippen MR) is 68.6 cm³/mol. The highest BCUT2D eigenvalue weighted by molar-refractivity contribution is 6.27. The van der Waals surface area contributed by atoms with E-state index in [0.29, 0.717) is 0 Å². The number of amides is 1. The quantitative estimate of drug-likeness (QED) is 0.855. The Hall–Kier alpha value is -1.88. The molecule has 6 heteroatoms. The summed E-state index contributed by atoms with van der Waals surface area (Å²) < 4.78 is 1.67. The van der Waals surface area contributed by atoms with E-state index in [9.17, 15) is 4.79 Å². The molecule has 0 aliphatic heterocycles. The van der Waals surface area contributed by atoms with Gasteiger partial charge in [-0.1, -0.05) is 17.3 Å². The smallest absolute Gasteiger partial charge is 0.235 e. The summed E-state index contributed by atoms with van der Waals surface area (Å²) in [7, 11) is 0. The van der Waals surface area contributed by atoms with Gasteiger partial charge in [0.2, 0.25) is 5.91 Å². The Morgan fingerprint density at radius 2 is 2.17 bits per heavy atom. The number of benzene rings is 1. The van der Waals surface area contributed by atoms with Crippen LogP contribution < -0.4 is 5.32 Å². The minimum atomic E-state index is -0.176. The lowest BCUT2D eigenvalue weighted by atomic mass is 10.1. The SMILES string of the molecule is CC(NC(=O)CCl)c1ccc(-n2ccnn2)cc1. The topological polar surface area (TPSA) is 59.8 Å². The first-order valence-corrected chi connectivity index (χ1v) is 6.06. The number of alkyl halides is 1. The van der Waals surface area contributed by atoms with Crippen LogP contribution in [0.15, 0.2) is 36.7 Å². The fourth-order valence-electron chi connectivity index (χ4n) is 1.63. The molecule has 1 heterocycles. The molecule has 2 rings (SSSR count). The van der Waals surface area contributed by atoms with Crippen LogP contribution in [-0.2, 0) is 4.79 Å². The molecule has 0 saturated heterocycles. The molecule has 94 valence electrons. The molecule has 0 fully saturated rings. The first kappa shape index (κ1) is 12.6. The maximum Gasteiger partial charge on any atom is 0.235 e. The van der Waals surface area contributed by atoms with Crippen LogP contribution in [0.4, 0.5) is 0 Å². The van der Waals surface area contributed by atoms with Crippen molar-refractivity contribution in [2.45, 2.75) is 13.0 Å². The summed E-state index contributed by atoms with van der Waals surface area (Å²) in [5.74, 6) is -0.203. The summed E-state index contributed by atoms with van der Waals surface area (Å²) >= 11 is 5.45. The molecule has 0 aliphatic rings. The van der Waals surface area contributed by atoms with E-state index in [4.69, 9.17) is 11.6 Å². The first-order chi connectivity index (χ1) is 8.70. The molecule has 0 bridgehead atoms. The average molecular weight is 265 g/mol. The van der Waals surface area contributed by atoms with Gasteiger partial charge in [0.05, 0.1) is 24.1 Å². The number of aromatic nitrogens is 3. The van der Waals surface area contributed by atoms with E-state index in [-0.39, 0.29) is 17.8 Å². The Morgan fingerprint density at radius 3 is 2.72 bits per heavy atom. The van der Waals surface area contributed by atoms with Gasteiger partial charge in [-0.2, -0.15) is 0 Å². The molecule has 1 N–H and O–H groups in total. The fourth-order valence-corrected chi connectivity index (χ4v) is 1.70. The largest absolute Gasteiger partial charge is 0.349 e. The number of rotatable bonds is 4. The van der Waals surface area contributed by atoms with Crippen molar-refractivity contribution >= 4 is 17.5 Å². The molecule has 0 aliphatic carbocycles. The lowest BCUT2D eigenvalue weighted by Gasteiger charge is -2.13. The molecule has 18 heavy (non-hydrogen) atoms. The van der Waals surface area contributed by atoms with Crippen LogP contribution in [0.25, 0.3) is 5.69 Å². The molecule has 1 aromatic carbocycles. The summed E-state index contributed by atoms with van der Waals surface area (Å²) in [5.41, 5.74) is 1.93. The van der Waals surface area contributed by atoms with E-state index in [2.05, 4.69) is 15.6 Å². The van der Waals surface area contributed by atoms with Crippen LogP contribution in [-0.4, -0.2) is 26.8 Å². The summed E-state index contributed by atoms with van der Waals surface area (Å²) in [4.78, 5) is 11.2. The Kier molecular flexibility index (Phi) is 3.94. The minimum absolute atomic E-state index is 0.0264. The van der Waals surface area contributed by atoms with E-state index in [1.807, 2.05) is 31.2 Å². The van der Waals surface area contributed by atoms with Crippen LogP contribution in [0.3, 0.4) is 0 Å². The molecule has 0 saturated carbocycles. The third kappa shape index (κ3) is 2.87. The molecule has 1 aromatic heterocycles. The van der Waals surface area contributed by atoms with Crippen molar-refractivity contribution in [1.29, 1.82) is 0 Å². The summed E-state index contributed by atoms with van der Waals surface area (Å²) in [6.45, 7) is 1.91. The standard InChI is InChI=1S/C12H13ClN4O/c1-9(15-12(18)8-13)10-2-4-11(5-3-10)17-7-6-14-16-17/h2-7,9H,8H2,1H3,(H,15,18). The summed E-state index contributed by atoms with van der Waals surface area (Å²) in [6.07, 6.45) is 3.39. The van der Waals surface area contributed by atoms with Crippen LogP contribution >= 0.6 is 11.6 Å². The van der Waals surface area contributed by atoms with Gasteiger partial charge < -0.3 is 5.32 Å². The van der Waals surface area contributed by atoms with Crippen molar-refractivity contribution in [1.82, 2.24) is 20.3 Å². The average Bonchev–Trinajstić information content (AvgIpc) is 2.92. The zero-order valence-electron chi connectivity index (χ0n) is 9.88. The van der Waals surface area contributed by atoms with E-state index in [1.165, 1.54) is 0 Å². The van der Waals surface area contributed by atoms with Crippen molar-refractivity contribution in [3.8, 4) is 5.69 Å². The maximum absolute atomic E-state index is 11.2. The number of nitrogens with zero attached hydrogens (tertiary/aromatic N) is 3. The minimum Gasteiger partial charge on any atom is -0.349 e. The molecule has 1 amide bonds. The van der Waals surface area contributed by atoms with Crippen molar-refractivity contribution in [2.75, 3.05) is 5.88 Å². The number of carbonyl (C=O) groups is 1. The van der Waals surface area contributed by atoms with Crippen molar-refractivity contribution in [3.05, 3.63) is 42.2 Å². The molecular weight excluding hydrogens is 252 g/mol. The van der Waals surface area contributed by atoms with Crippen LogP contribution in [0.2, 0.25) is 0 Å². The molecule has 0 radical (unpaired) electrons. The van der Waals surface area contributed by atoms with Gasteiger partial charge in [0.1, 0.15) is 5.88 Å². The van der Waals surface area contributed by atoms with Crippen LogP contribution in [0.5, 0.6) is 0 Å². The zero-order chi connectivity index (χ0) is 13.0. The number of halogens is 1. The highest BCUT2D eigenvalue weighted by atomic mass is 35.5. The van der Waals surface area contributed by atoms with E-state index in [1.54, 1.807) is 17.1 Å². The van der Waals surface area contributed by atoms with Crippen molar-refractivity contribution in [2.24, 2.45) is 0 Å². The Bertz CT molecular complexity index is 509. The van der Waals surface area contributed by atoms with Crippen LogP contribution in [0, 0.1) is 0 Å². The first-order valence-electron chi connectivity index (χ1n) is 5.52. The van der Waals surface area contributed by atoms with Gasteiger partial charge in [-0.3, -0.25) is 4.79 Å². The number of carbonyl (C=O) groups excluding carboxylic acids is 1. The van der Waals surface area contributed by atoms with Gasteiger partial charge in [0, 0.05) is 0 Å². The molecule has 2 aromatic rings. The van der Waals surface area contributed by atoms with E-state index in [0.717, 1.165) is 11.3 Å². The monoisotopic (exact) mass is 264 g/mol. The molecule has 1 atom stereocenters. The fraction of sp³-hybridized carbons (Fsp3) is 0.250. The molecule has 0 spiro atoms. The normalized spacial score (nSPS) is 12.1. The van der Waals surface area contributed by atoms with Crippen LogP contribution in [0.1, 0.15) is 18.5 Å². The van der Waals surface area contributed by atoms with E-state index < -0.39 is 0 Å². The lowest BCUT2D eigenvalue weighted by Crippen LogP contribution is -2.27. The maximum atomic E-state index is 11.2. The van der Waals surface area contributed by atoms with Gasteiger partial charge in [-0.15, -0.1) is 16.7 Å². The second-order valence-electron chi connectivity index (χ2n) is 3.86.